The van der Waals surface area contributed by atoms with Crippen molar-refractivity contribution in [2.45, 2.75) is 24.6 Å². The minimum Gasteiger partial charge on any atom is -0.480 e. The normalized spacial score (nSPS) is 15.4. The highest BCUT2D eigenvalue weighted by Gasteiger charge is 2.32. The summed E-state index contributed by atoms with van der Waals surface area (Å²) >= 11 is 12.4. The topological polar surface area (TPSA) is 63.3 Å². The summed E-state index contributed by atoms with van der Waals surface area (Å²) in [4.78, 5) is 10.6. The highest BCUT2D eigenvalue weighted by molar-refractivity contribution is 8.00. The summed E-state index contributed by atoms with van der Waals surface area (Å²) in [7, 11) is 0. The Bertz CT molecular complexity index is 243. The molecular weight excluding hydrogens is 245 g/mol. The van der Waals surface area contributed by atoms with Crippen molar-refractivity contribution in [1.82, 2.24) is 0 Å². The molecule has 6 heteroatoms. The summed E-state index contributed by atoms with van der Waals surface area (Å²) in [5.41, 5.74) is 6.77. The molecule has 0 fully saturated rings. The first-order chi connectivity index (χ1) is 6.31. The Morgan fingerprint density at radius 3 is 2.57 bits per heavy atom. The van der Waals surface area contributed by atoms with E-state index in [1.165, 1.54) is 17.3 Å². The molecular formula is C8H13Cl2NO2S. The molecule has 0 saturated heterocycles. The number of hydrogen-bond acceptors (Lipinski definition) is 3. The predicted molar refractivity (Wildman–Crippen MR) is 61.9 cm³/mol. The standard InChI is InChI=1S/C8H13Cl2NO2S/c1-8(2,6(11)7(12)13)14-4-5(10)3-9/h3,6H,4,11H2,1-2H3,(H,12,13)/t6-/m1/s1. The van der Waals surface area contributed by atoms with Crippen LogP contribution in [0.25, 0.3) is 0 Å². The average molecular weight is 258 g/mol. The zero-order valence-corrected chi connectivity index (χ0v) is 10.3. The third-order valence-corrected chi connectivity index (χ3v) is 3.95. The fraction of sp³-hybridized carbons (Fsp3) is 0.625. The van der Waals surface area contributed by atoms with Gasteiger partial charge in [-0.2, -0.15) is 0 Å². The molecule has 0 radical (unpaired) electrons. The fourth-order valence-corrected chi connectivity index (χ4v) is 1.88. The lowest BCUT2D eigenvalue weighted by molar-refractivity contribution is -0.139. The highest BCUT2D eigenvalue weighted by Crippen LogP contribution is 2.30. The van der Waals surface area contributed by atoms with Crippen molar-refractivity contribution in [1.29, 1.82) is 0 Å². The van der Waals surface area contributed by atoms with E-state index in [9.17, 15) is 4.79 Å². The average Bonchev–Trinajstić information content (AvgIpc) is 2.12. The van der Waals surface area contributed by atoms with Gasteiger partial charge in [0.25, 0.3) is 0 Å². The van der Waals surface area contributed by atoms with E-state index in [1.54, 1.807) is 13.8 Å². The maximum absolute atomic E-state index is 10.6. The van der Waals surface area contributed by atoms with Gasteiger partial charge in [-0.3, -0.25) is 4.79 Å². The molecule has 0 unspecified atom stereocenters. The molecule has 0 heterocycles. The van der Waals surface area contributed by atoms with E-state index in [0.717, 1.165) is 0 Å². The quantitative estimate of drug-likeness (QED) is 0.793. The summed E-state index contributed by atoms with van der Waals surface area (Å²) in [6.07, 6.45) is 0. The Balaban J connectivity index is 4.27. The van der Waals surface area contributed by atoms with Crippen molar-refractivity contribution in [2.75, 3.05) is 5.75 Å². The molecule has 3 nitrogen and oxygen atoms in total. The summed E-state index contributed by atoms with van der Waals surface area (Å²) in [6.45, 7) is 3.52. The summed E-state index contributed by atoms with van der Waals surface area (Å²) < 4.78 is -0.578. The van der Waals surface area contributed by atoms with Gasteiger partial charge in [-0.15, -0.1) is 11.8 Å². The summed E-state index contributed by atoms with van der Waals surface area (Å²) in [5, 5.41) is 9.20. The number of rotatable bonds is 5. The van der Waals surface area contributed by atoms with Gasteiger partial charge in [-0.1, -0.05) is 23.2 Å². The van der Waals surface area contributed by atoms with Gasteiger partial charge in [0.05, 0.1) is 0 Å². The molecule has 0 bridgehead atoms. The number of carboxylic acid groups (broad SMARTS) is 1. The Morgan fingerprint density at radius 2 is 2.21 bits per heavy atom. The van der Waals surface area contributed by atoms with E-state index >= 15 is 0 Å². The Labute approximate surface area is 97.6 Å². The lowest BCUT2D eigenvalue weighted by Gasteiger charge is -2.27. The third kappa shape index (κ3) is 4.55. The number of nitrogens with two attached hydrogens (primary N) is 1. The first-order valence-electron chi connectivity index (χ1n) is 3.88. The molecule has 0 aromatic carbocycles. The maximum atomic E-state index is 10.6. The van der Waals surface area contributed by atoms with Gasteiger partial charge in [0, 0.05) is 21.1 Å². The number of aliphatic carboxylic acids is 1. The second kappa shape index (κ2) is 5.85. The largest absolute Gasteiger partial charge is 0.480 e. The first-order valence-corrected chi connectivity index (χ1v) is 5.68. The van der Waals surface area contributed by atoms with Crippen LogP contribution in [0.1, 0.15) is 13.8 Å². The van der Waals surface area contributed by atoms with E-state index in [2.05, 4.69) is 0 Å². The van der Waals surface area contributed by atoms with Crippen LogP contribution in [0.5, 0.6) is 0 Å². The lowest BCUT2D eigenvalue weighted by atomic mass is 10.1. The second-order valence-corrected chi connectivity index (χ2v) is 5.60. The van der Waals surface area contributed by atoms with Crippen LogP contribution in [0.4, 0.5) is 0 Å². The van der Waals surface area contributed by atoms with Crippen molar-refractivity contribution >= 4 is 40.9 Å². The minimum absolute atomic E-state index is 0.457. The third-order valence-electron chi connectivity index (χ3n) is 1.72. The number of carbonyl (C=O) groups is 1. The molecule has 0 aliphatic carbocycles. The van der Waals surface area contributed by atoms with Crippen LogP contribution in [0, 0.1) is 0 Å². The molecule has 0 rings (SSSR count). The molecule has 0 aliphatic rings. The number of hydrogen-bond donors (Lipinski definition) is 2. The van der Waals surface area contributed by atoms with Gasteiger partial charge in [0.1, 0.15) is 6.04 Å². The zero-order chi connectivity index (χ0) is 11.4. The molecule has 0 amide bonds. The van der Waals surface area contributed by atoms with Gasteiger partial charge >= 0.3 is 5.97 Å². The van der Waals surface area contributed by atoms with Crippen molar-refractivity contribution in [2.24, 2.45) is 5.73 Å². The van der Waals surface area contributed by atoms with Gasteiger partial charge < -0.3 is 10.8 Å². The van der Waals surface area contributed by atoms with Crippen LogP contribution in [0.2, 0.25) is 0 Å². The highest BCUT2D eigenvalue weighted by atomic mass is 35.5. The first kappa shape index (κ1) is 14.1. The molecule has 1 atom stereocenters. The Morgan fingerprint density at radius 1 is 1.71 bits per heavy atom. The molecule has 14 heavy (non-hydrogen) atoms. The van der Waals surface area contributed by atoms with Crippen LogP contribution in [-0.2, 0) is 4.79 Å². The number of thioether (sulfide) groups is 1. The predicted octanol–water partition coefficient (Wildman–Crippen LogP) is 2.23. The molecule has 0 aliphatic heterocycles. The van der Waals surface area contributed by atoms with Gasteiger partial charge in [-0.05, 0) is 13.8 Å². The lowest BCUT2D eigenvalue weighted by Crippen LogP contribution is -2.46. The monoisotopic (exact) mass is 257 g/mol. The summed E-state index contributed by atoms with van der Waals surface area (Å²) in [6, 6.07) is -0.924. The van der Waals surface area contributed by atoms with Crippen LogP contribution in [-0.4, -0.2) is 27.6 Å². The van der Waals surface area contributed by atoms with Crippen molar-refractivity contribution in [3.8, 4) is 0 Å². The van der Waals surface area contributed by atoms with Crippen LogP contribution < -0.4 is 5.73 Å². The second-order valence-electron chi connectivity index (χ2n) is 3.26. The Hall–Kier alpha value is 0.1000. The van der Waals surface area contributed by atoms with E-state index in [4.69, 9.17) is 34.0 Å². The van der Waals surface area contributed by atoms with Crippen molar-refractivity contribution in [3.63, 3.8) is 0 Å². The van der Waals surface area contributed by atoms with Crippen LogP contribution in [0.15, 0.2) is 10.6 Å². The molecule has 0 spiro atoms. The molecule has 3 N–H and O–H groups in total. The van der Waals surface area contributed by atoms with Crippen LogP contribution in [0.3, 0.4) is 0 Å². The molecule has 0 saturated carbocycles. The van der Waals surface area contributed by atoms with Crippen molar-refractivity contribution < 1.29 is 9.90 Å². The number of halogens is 2. The van der Waals surface area contributed by atoms with Gasteiger partial charge in [0.2, 0.25) is 0 Å². The number of carboxylic acids is 1. The zero-order valence-electron chi connectivity index (χ0n) is 7.96. The van der Waals surface area contributed by atoms with E-state index < -0.39 is 16.8 Å². The van der Waals surface area contributed by atoms with Gasteiger partial charge in [0.15, 0.2) is 0 Å². The van der Waals surface area contributed by atoms with Crippen LogP contribution >= 0.6 is 35.0 Å². The van der Waals surface area contributed by atoms with E-state index in [0.29, 0.717) is 10.8 Å². The smallest absolute Gasteiger partial charge is 0.321 e. The maximum Gasteiger partial charge on any atom is 0.321 e. The summed E-state index contributed by atoms with van der Waals surface area (Å²) in [5.74, 6) is -0.563. The fourth-order valence-electron chi connectivity index (χ4n) is 0.674. The van der Waals surface area contributed by atoms with Crippen molar-refractivity contribution in [3.05, 3.63) is 10.6 Å². The SMILES string of the molecule is CC(C)(SCC(Cl)=CCl)[C@H](N)C(=O)O. The van der Waals surface area contributed by atoms with Gasteiger partial charge in [-0.25, -0.2) is 0 Å². The molecule has 0 aromatic heterocycles. The van der Waals surface area contributed by atoms with E-state index in [1.807, 2.05) is 0 Å². The molecule has 82 valence electrons. The Kier molecular flexibility index (Phi) is 5.90. The minimum atomic E-state index is -1.02. The van der Waals surface area contributed by atoms with E-state index in [-0.39, 0.29) is 0 Å². The molecule has 0 aromatic rings.